The summed E-state index contributed by atoms with van der Waals surface area (Å²) in [4.78, 5) is 20.6. The van der Waals surface area contributed by atoms with Gasteiger partial charge in [-0.2, -0.15) is 15.0 Å². The van der Waals surface area contributed by atoms with E-state index in [0.717, 1.165) is 5.56 Å². The van der Waals surface area contributed by atoms with Gasteiger partial charge < -0.3 is 5.73 Å². The van der Waals surface area contributed by atoms with Gasteiger partial charge in [0.25, 0.3) is 0 Å². The molecule has 7 nitrogen and oxygen atoms in total. The van der Waals surface area contributed by atoms with E-state index in [0.29, 0.717) is 18.2 Å². The highest BCUT2D eigenvalue weighted by molar-refractivity contribution is 5.25. The minimum Gasteiger partial charge on any atom is -0.368 e. The van der Waals surface area contributed by atoms with Crippen LogP contribution in [0.15, 0.2) is 43.2 Å². The van der Waals surface area contributed by atoms with E-state index in [2.05, 4.69) is 24.9 Å². The van der Waals surface area contributed by atoms with E-state index in [1.165, 1.54) is 0 Å². The van der Waals surface area contributed by atoms with Crippen LogP contribution in [0.5, 0.6) is 0 Å². The Morgan fingerprint density at radius 2 is 2.05 bits per heavy atom. The van der Waals surface area contributed by atoms with Gasteiger partial charge >= 0.3 is 0 Å². The highest BCUT2D eigenvalue weighted by Crippen LogP contribution is 2.07. The Morgan fingerprint density at radius 1 is 1.11 bits per heavy atom. The molecule has 0 aromatic carbocycles. The quantitative estimate of drug-likeness (QED) is 0.735. The maximum absolute atomic E-state index is 5.71. The highest BCUT2D eigenvalue weighted by atomic mass is 15.2. The first-order valence-corrected chi connectivity index (χ1v) is 5.69. The lowest BCUT2D eigenvalue weighted by atomic mass is 10.2. The second kappa shape index (κ2) is 4.81. The normalized spacial score (nSPS) is 10.5. The summed E-state index contributed by atoms with van der Waals surface area (Å²) in [5.41, 5.74) is 6.73. The molecular formula is C12H11N7. The Morgan fingerprint density at radius 3 is 2.79 bits per heavy atom. The molecule has 0 atom stereocenters. The van der Waals surface area contributed by atoms with Crippen molar-refractivity contribution >= 4 is 5.95 Å². The molecule has 19 heavy (non-hydrogen) atoms. The van der Waals surface area contributed by atoms with Gasteiger partial charge in [-0.05, 0) is 11.6 Å². The third-order valence-corrected chi connectivity index (χ3v) is 2.51. The number of rotatable bonds is 3. The SMILES string of the molecule is Nc1nc(Cc2cccnc2)nc(-n2ccnc2)n1. The monoisotopic (exact) mass is 253 g/mol. The van der Waals surface area contributed by atoms with Gasteiger partial charge in [-0.15, -0.1) is 0 Å². The van der Waals surface area contributed by atoms with Crippen molar-refractivity contribution in [1.82, 2.24) is 29.5 Å². The second-order valence-electron chi connectivity index (χ2n) is 3.92. The van der Waals surface area contributed by atoms with E-state index < -0.39 is 0 Å². The van der Waals surface area contributed by atoms with Crippen LogP contribution in [-0.4, -0.2) is 29.5 Å². The molecule has 94 valence electrons. The number of nitrogens with zero attached hydrogens (tertiary/aromatic N) is 6. The Labute approximate surface area is 109 Å². The number of nitrogens with two attached hydrogens (primary N) is 1. The summed E-state index contributed by atoms with van der Waals surface area (Å²) in [5.74, 6) is 1.26. The molecule has 0 amide bonds. The highest BCUT2D eigenvalue weighted by Gasteiger charge is 2.06. The van der Waals surface area contributed by atoms with Gasteiger partial charge in [-0.1, -0.05) is 6.07 Å². The molecule has 0 aliphatic carbocycles. The maximum Gasteiger partial charge on any atom is 0.239 e. The van der Waals surface area contributed by atoms with Crippen LogP contribution >= 0.6 is 0 Å². The third-order valence-electron chi connectivity index (χ3n) is 2.51. The molecule has 0 bridgehead atoms. The molecule has 0 unspecified atom stereocenters. The Kier molecular flexibility index (Phi) is 2.85. The van der Waals surface area contributed by atoms with E-state index in [4.69, 9.17) is 5.73 Å². The van der Waals surface area contributed by atoms with Gasteiger partial charge in [-0.25, -0.2) is 4.98 Å². The van der Waals surface area contributed by atoms with Crippen molar-refractivity contribution in [1.29, 1.82) is 0 Å². The maximum atomic E-state index is 5.71. The van der Waals surface area contributed by atoms with Crippen LogP contribution in [0, 0.1) is 0 Å². The van der Waals surface area contributed by atoms with Crippen LogP contribution in [-0.2, 0) is 6.42 Å². The van der Waals surface area contributed by atoms with Crippen molar-refractivity contribution < 1.29 is 0 Å². The molecule has 3 heterocycles. The van der Waals surface area contributed by atoms with Gasteiger partial charge in [0.1, 0.15) is 12.2 Å². The van der Waals surface area contributed by atoms with Crippen molar-refractivity contribution in [2.45, 2.75) is 6.42 Å². The van der Waals surface area contributed by atoms with Crippen molar-refractivity contribution in [2.75, 3.05) is 5.73 Å². The largest absolute Gasteiger partial charge is 0.368 e. The van der Waals surface area contributed by atoms with Gasteiger partial charge in [0, 0.05) is 31.2 Å². The molecule has 7 heteroatoms. The molecule has 3 aromatic heterocycles. The van der Waals surface area contributed by atoms with Crippen LogP contribution in [0.25, 0.3) is 5.95 Å². The summed E-state index contributed by atoms with van der Waals surface area (Å²) >= 11 is 0. The summed E-state index contributed by atoms with van der Waals surface area (Å²) in [6.07, 6.45) is 9.08. The molecule has 0 radical (unpaired) electrons. The van der Waals surface area contributed by atoms with Gasteiger partial charge in [-0.3, -0.25) is 9.55 Å². The molecule has 3 rings (SSSR count). The van der Waals surface area contributed by atoms with Gasteiger partial charge in [0.05, 0.1) is 0 Å². The molecule has 0 spiro atoms. The molecule has 0 aliphatic heterocycles. The zero-order valence-corrected chi connectivity index (χ0v) is 10.0. The lowest BCUT2D eigenvalue weighted by Gasteiger charge is -2.05. The molecule has 0 aliphatic rings. The van der Waals surface area contributed by atoms with E-state index in [-0.39, 0.29) is 5.95 Å². The Bertz CT molecular complexity index is 664. The van der Waals surface area contributed by atoms with E-state index >= 15 is 0 Å². The summed E-state index contributed by atoms with van der Waals surface area (Å²) in [6, 6.07) is 3.83. The Hall–Kier alpha value is -2.83. The van der Waals surface area contributed by atoms with Crippen molar-refractivity contribution in [3.8, 4) is 5.95 Å². The Balaban J connectivity index is 1.94. The predicted octanol–water partition coefficient (Wildman–Crippen LogP) is 0.625. The first-order valence-electron chi connectivity index (χ1n) is 5.69. The number of aromatic nitrogens is 6. The van der Waals surface area contributed by atoms with Crippen LogP contribution in [0.2, 0.25) is 0 Å². The predicted molar refractivity (Wildman–Crippen MR) is 68.4 cm³/mol. The molecule has 2 N–H and O–H groups in total. The molecule has 0 fully saturated rings. The van der Waals surface area contributed by atoms with Crippen LogP contribution in [0.1, 0.15) is 11.4 Å². The van der Waals surface area contributed by atoms with Crippen molar-refractivity contribution in [2.24, 2.45) is 0 Å². The summed E-state index contributed by atoms with van der Waals surface area (Å²) in [5, 5.41) is 0. The van der Waals surface area contributed by atoms with Crippen LogP contribution in [0.3, 0.4) is 0 Å². The molecular weight excluding hydrogens is 242 g/mol. The first-order chi connectivity index (χ1) is 9.31. The summed E-state index contributed by atoms with van der Waals surface area (Å²) < 4.78 is 1.69. The third kappa shape index (κ3) is 2.54. The summed E-state index contributed by atoms with van der Waals surface area (Å²) in [7, 11) is 0. The number of pyridine rings is 1. The lowest BCUT2D eigenvalue weighted by Crippen LogP contribution is -2.09. The molecule has 0 saturated heterocycles. The fourth-order valence-corrected chi connectivity index (χ4v) is 1.68. The van der Waals surface area contributed by atoms with Crippen molar-refractivity contribution in [3.05, 3.63) is 54.6 Å². The molecule has 3 aromatic rings. The zero-order valence-electron chi connectivity index (χ0n) is 10.0. The first kappa shape index (κ1) is 11.3. The molecule has 0 saturated carbocycles. The van der Waals surface area contributed by atoms with Gasteiger partial charge in [0.15, 0.2) is 0 Å². The average Bonchev–Trinajstić information content (AvgIpc) is 2.93. The summed E-state index contributed by atoms with van der Waals surface area (Å²) in [6.45, 7) is 0. The minimum absolute atomic E-state index is 0.192. The lowest BCUT2D eigenvalue weighted by molar-refractivity contribution is 0.849. The second-order valence-corrected chi connectivity index (χ2v) is 3.92. The fourth-order valence-electron chi connectivity index (χ4n) is 1.68. The number of nitrogen functional groups attached to an aromatic ring is 1. The van der Waals surface area contributed by atoms with E-state index in [9.17, 15) is 0 Å². The van der Waals surface area contributed by atoms with Crippen molar-refractivity contribution in [3.63, 3.8) is 0 Å². The number of hydrogen-bond donors (Lipinski definition) is 1. The fraction of sp³-hybridized carbons (Fsp3) is 0.0833. The smallest absolute Gasteiger partial charge is 0.239 e. The topological polar surface area (TPSA) is 95.4 Å². The standard InChI is InChI=1S/C12H11N7/c13-11-16-10(6-9-2-1-3-14-7-9)17-12(18-11)19-5-4-15-8-19/h1-5,7-8H,6H2,(H2,13,16,17,18). The average molecular weight is 253 g/mol. The van der Waals surface area contributed by atoms with E-state index in [1.807, 2.05) is 12.1 Å². The van der Waals surface area contributed by atoms with E-state index in [1.54, 1.807) is 35.7 Å². The van der Waals surface area contributed by atoms with Crippen LogP contribution < -0.4 is 5.73 Å². The minimum atomic E-state index is 0.192. The number of hydrogen-bond acceptors (Lipinski definition) is 6. The number of anilines is 1. The zero-order chi connectivity index (χ0) is 13.1. The number of imidazole rings is 1. The van der Waals surface area contributed by atoms with Crippen LogP contribution in [0.4, 0.5) is 5.95 Å². The van der Waals surface area contributed by atoms with Gasteiger partial charge in [0.2, 0.25) is 11.9 Å².